The van der Waals surface area contributed by atoms with Gasteiger partial charge < -0.3 is 30.3 Å². The van der Waals surface area contributed by atoms with E-state index in [0.29, 0.717) is 9.75 Å². The van der Waals surface area contributed by atoms with E-state index in [2.05, 4.69) is 74.7 Å². The van der Waals surface area contributed by atoms with Crippen LogP contribution in [-0.4, -0.2) is 101 Å². The Morgan fingerprint density at radius 1 is 0.557 bits per heavy atom. The van der Waals surface area contributed by atoms with Gasteiger partial charge in [0.05, 0.1) is 33.5 Å². The molecule has 2 aromatic heterocycles. The van der Waals surface area contributed by atoms with Crippen LogP contribution >= 0.6 is 22.7 Å². The number of nitrogens with one attached hydrogen (secondary N) is 2. The fourth-order valence-electron chi connectivity index (χ4n) is 8.10. The van der Waals surface area contributed by atoms with Crippen LogP contribution in [0, 0.1) is 38.5 Å². The summed E-state index contributed by atoms with van der Waals surface area (Å²) in [6.45, 7) is 29.1. The lowest BCUT2D eigenvalue weighted by molar-refractivity contribution is 0.0216. The molecule has 70 heavy (non-hydrogen) atoms. The third kappa shape index (κ3) is 16.1. The Balaban J connectivity index is 0.000000370. The van der Waals surface area contributed by atoms with Gasteiger partial charge in [-0.3, -0.25) is 9.59 Å². The largest absolute Gasteiger partial charge is 0.491 e. The molecule has 4 rings (SSSR count). The number of aliphatic hydroxyl groups is 2. The molecule has 0 radical (unpaired) electrons. The predicted molar refractivity (Wildman–Crippen MR) is 289 cm³/mol. The van der Waals surface area contributed by atoms with Crippen molar-refractivity contribution in [3.8, 4) is 11.5 Å². The van der Waals surface area contributed by atoms with Crippen molar-refractivity contribution in [2.45, 2.75) is 146 Å². The Bertz CT molecular complexity index is 2430. The van der Waals surface area contributed by atoms with Crippen LogP contribution in [0.3, 0.4) is 0 Å². The van der Waals surface area contributed by atoms with E-state index in [1.54, 1.807) is 0 Å². The van der Waals surface area contributed by atoms with Crippen molar-refractivity contribution in [3.63, 3.8) is 0 Å². The standard InChI is InChI=1S/2C27H41NO5S2/c2*1-9-27(10-2,20-11-12-21(18(3)15-20)33-17-22(29)26(5,6)7)23-16-19(4)24(34-23)25(30)28-13-14-35(8,31)32/h2*11-12,15-16,22,29H,9-10,13-14,17H2,1-8H3,(H,28,30). The summed E-state index contributed by atoms with van der Waals surface area (Å²) in [7, 11) is -6.27. The Kier molecular flexibility index (Phi) is 21.4. The summed E-state index contributed by atoms with van der Waals surface area (Å²) >= 11 is 2.96. The molecule has 0 aliphatic rings. The summed E-state index contributed by atoms with van der Waals surface area (Å²) in [6, 6.07) is 16.6. The predicted octanol–water partition coefficient (Wildman–Crippen LogP) is 10.1. The fraction of sp³-hybridized carbons (Fsp3) is 0.593. The number of thiophene rings is 2. The highest BCUT2D eigenvalue weighted by molar-refractivity contribution is 7.90. The van der Waals surface area contributed by atoms with E-state index >= 15 is 0 Å². The minimum absolute atomic E-state index is 0.0790. The molecule has 2 atom stereocenters. The molecular formula is C54H82N2O10S4. The smallest absolute Gasteiger partial charge is 0.261 e. The van der Waals surface area contributed by atoms with Crippen LogP contribution < -0.4 is 20.1 Å². The second kappa shape index (κ2) is 24.8. The van der Waals surface area contributed by atoms with Gasteiger partial charge in [0.1, 0.15) is 44.4 Å². The first-order valence-electron chi connectivity index (χ1n) is 24.3. The number of hydrogen-bond donors (Lipinski definition) is 4. The molecule has 0 saturated carbocycles. The Hall–Kier alpha value is -3.80. The summed E-state index contributed by atoms with van der Waals surface area (Å²) in [6.07, 6.45) is 4.64. The van der Waals surface area contributed by atoms with E-state index in [1.807, 2.05) is 81.4 Å². The summed E-state index contributed by atoms with van der Waals surface area (Å²) in [4.78, 5) is 29.0. The molecule has 12 nitrogen and oxygen atoms in total. The second-order valence-electron chi connectivity index (χ2n) is 20.9. The van der Waals surface area contributed by atoms with Gasteiger partial charge in [0, 0.05) is 46.2 Å². The highest BCUT2D eigenvalue weighted by Gasteiger charge is 2.36. The average molecular weight is 1050 g/mol. The lowest BCUT2D eigenvalue weighted by Gasteiger charge is -2.32. The van der Waals surface area contributed by atoms with E-state index in [1.165, 1.54) is 22.7 Å². The number of amides is 2. The van der Waals surface area contributed by atoms with Crippen LogP contribution in [0.4, 0.5) is 0 Å². The minimum Gasteiger partial charge on any atom is -0.491 e. The summed E-state index contributed by atoms with van der Waals surface area (Å²) < 4.78 is 57.4. The van der Waals surface area contributed by atoms with E-state index in [4.69, 9.17) is 9.47 Å². The third-order valence-corrected chi connectivity index (χ3v) is 18.1. The van der Waals surface area contributed by atoms with Crippen molar-refractivity contribution < 1.29 is 46.1 Å². The van der Waals surface area contributed by atoms with Gasteiger partial charge in [0.2, 0.25) is 0 Å². The van der Waals surface area contributed by atoms with Crippen molar-refractivity contribution in [1.29, 1.82) is 0 Å². The van der Waals surface area contributed by atoms with Gasteiger partial charge in [-0.05, 0) is 122 Å². The Morgan fingerprint density at radius 2 is 0.871 bits per heavy atom. The van der Waals surface area contributed by atoms with Gasteiger partial charge >= 0.3 is 0 Å². The lowest BCUT2D eigenvalue weighted by atomic mass is 9.74. The SMILES string of the molecule is CCC(CC)(c1ccc(OCC(O)C(C)(C)C)c(C)c1)c1cc(C)c(C(=O)NCCS(C)(=O)=O)s1.CCC(CC)(c1ccc(OCC(O)C(C)(C)C)c(C)c1)c1cc(C)c(C(=O)NCCS(C)(=O)=O)s1. The van der Waals surface area contributed by atoms with Gasteiger partial charge in [0.25, 0.3) is 11.8 Å². The van der Waals surface area contributed by atoms with Crippen LogP contribution in [-0.2, 0) is 30.5 Å². The summed E-state index contributed by atoms with van der Waals surface area (Å²) in [5, 5.41) is 26.1. The first kappa shape index (κ1) is 60.5. The minimum atomic E-state index is -3.13. The topological polar surface area (TPSA) is 185 Å². The van der Waals surface area contributed by atoms with Gasteiger partial charge in [-0.15, -0.1) is 22.7 Å². The molecule has 0 fully saturated rings. The fourth-order valence-corrected chi connectivity index (χ4v) is 11.9. The molecule has 0 bridgehead atoms. The average Bonchev–Trinajstić information content (AvgIpc) is 3.85. The van der Waals surface area contributed by atoms with Gasteiger partial charge in [0.15, 0.2) is 0 Å². The van der Waals surface area contributed by atoms with E-state index in [-0.39, 0.29) is 71.3 Å². The maximum atomic E-state index is 12.8. The number of benzene rings is 2. The normalized spacial score (nSPS) is 13.5. The molecular weight excluding hydrogens is 965 g/mol. The molecule has 2 unspecified atom stereocenters. The first-order valence-corrected chi connectivity index (χ1v) is 30.0. The number of carbonyl (C=O) groups is 2. The molecule has 4 N–H and O–H groups in total. The number of ether oxygens (including phenoxy) is 2. The van der Waals surface area contributed by atoms with Gasteiger partial charge in [-0.2, -0.15) is 0 Å². The number of sulfone groups is 2. The van der Waals surface area contributed by atoms with Crippen molar-refractivity contribution in [3.05, 3.63) is 101 Å². The number of rotatable bonds is 22. The Morgan fingerprint density at radius 3 is 1.13 bits per heavy atom. The van der Waals surface area contributed by atoms with Crippen molar-refractivity contribution >= 4 is 54.2 Å². The number of carbonyl (C=O) groups excluding carboxylic acids is 2. The summed E-state index contributed by atoms with van der Waals surface area (Å²) in [5.41, 5.74) is 5.09. The molecule has 4 aromatic rings. The highest BCUT2D eigenvalue weighted by atomic mass is 32.2. The number of aryl methyl sites for hydroxylation is 4. The van der Waals surface area contributed by atoms with Crippen molar-refractivity contribution in [1.82, 2.24) is 10.6 Å². The molecule has 0 spiro atoms. The summed E-state index contributed by atoms with van der Waals surface area (Å²) in [5.74, 6) is 0.883. The molecule has 2 amide bonds. The van der Waals surface area contributed by atoms with E-state index < -0.39 is 31.9 Å². The van der Waals surface area contributed by atoms with Crippen molar-refractivity contribution in [2.24, 2.45) is 10.8 Å². The second-order valence-corrected chi connectivity index (χ2v) is 27.6. The van der Waals surface area contributed by atoms with Crippen LogP contribution in [0.25, 0.3) is 0 Å². The van der Waals surface area contributed by atoms with E-state index in [0.717, 1.165) is 92.8 Å². The lowest BCUT2D eigenvalue weighted by Crippen LogP contribution is -2.32. The molecule has 0 aliphatic carbocycles. The zero-order valence-corrected chi connectivity index (χ0v) is 47.9. The Labute approximate surface area is 428 Å². The zero-order chi connectivity index (χ0) is 53.2. The quantitative estimate of drug-likeness (QED) is 0.0591. The maximum absolute atomic E-state index is 12.8. The zero-order valence-electron chi connectivity index (χ0n) is 44.6. The van der Waals surface area contributed by atoms with Crippen LogP contribution in [0.1, 0.15) is 157 Å². The van der Waals surface area contributed by atoms with Gasteiger partial charge in [-0.1, -0.05) is 93.5 Å². The van der Waals surface area contributed by atoms with E-state index in [9.17, 15) is 36.6 Å². The van der Waals surface area contributed by atoms with Crippen LogP contribution in [0.2, 0.25) is 0 Å². The van der Waals surface area contributed by atoms with Crippen LogP contribution in [0.5, 0.6) is 11.5 Å². The van der Waals surface area contributed by atoms with Crippen LogP contribution in [0.15, 0.2) is 48.5 Å². The maximum Gasteiger partial charge on any atom is 0.261 e. The number of aliphatic hydroxyl groups excluding tert-OH is 2. The molecule has 392 valence electrons. The molecule has 2 aromatic carbocycles. The van der Waals surface area contributed by atoms with Gasteiger partial charge in [-0.25, -0.2) is 16.8 Å². The monoisotopic (exact) mass is 1050 g/mol. The third-order valence-electron chi connectivity index (χ3n) is 13.4. The molecule has 16 heteroatoms. The molecule has 2 heterocycles. The van der Waals surface area contributed by atoms with Crippen molar-refractivity contribution in [2.75, 3.05) is 50.3 Å². The molecule has 0 saturated heterocycles. The highest BCUT2D eigenvalue weighted by Crippen LogP contribution is 2.46. The number of hydrogen-bond acceptors (Lipinski definition) is 12. The first-order chi connectivity index (χ1) is 32.3. The molecule has 0 aliphatic heterocycles.